The van der Waals surface area contributed by atoms with Crippen molar-refractivity contribution < 1.29 is 4.79 Å². The van der Waals surface area contributed by atoms with Gasteiger partial charge in [-0.25, -0.2) is 4.31 Å². The number of hydrogen-bond acceptors (Lipinski definition) is 4. The Bertz CT molecular complexity index is 93.0. The van der Waals surface area contributed by atoms with E-state index in [-0.39, 0.29) is 0 Å². The maximum absolute atomic E-state index is 9.88. The molecule has 0 saturated carbocycles. The van der Waals surface area contributed by atoms with Crippen molar-refractivity contribution in [3.05, 3.63) is 0 Å². The van der Waals surface area contributed by atoms with Crippen LogP contribution in [0.2, 0.25) is 0 Å². The van der Waals surface area contributed by atoms with Crippen LogP contribution in [0.15, 0.2) is 0 Å². The van der Waals surface area contributed by atoms with Gasteiger partial charge in [-0.05, 0) is 34.6 Å². The van der Waals surface area contributed by atoms with E-state index in [4.69, 9.17) is 0 Å². The van der Waals surface area contributed by atoms with Gasteiger partial charge in [-0.3, -0.25) is 4.79 Å². The molecule has 0 atom stereocenters. The average Bonchev–Trinajstić information content (AvgIpc) is 2.34. The Labute approximate surface area is 62.9 Å². The summed E-state index contributed by atoms with van der Waals surface area (Å²) in [4.78, 5) is 9.88. The van der Waals surface area contributed by atoms with Crippen LogP contribution in [0, 0.1) is 0 Å². The zero-order valence-corrected chi connectivity index (χ0v) is 6.71. The molecule has 0 aromatic heterocycles. The molecule has 1 heterocycles. The highest BCUT2D eigenvalue weighted by Crippen LogP contribution is 2.26. The summed E-state index contributed by atoms with van der Waals surface area (Å²) in [5, 5.41) is 0. The van der Waals surface area contributed by atoms with Crippen molar-refractivity contribution in [2.75, 3.05) is 13.1 Å². The molecule has 0 radical (unpaired) electrons. The van der Waals surface area contributed by atoms with Crippen LogP contribution in [0.5, 0.6) is 0 Å². The average molecular weight is 163 g/mol. The van der Waals surface area contributed by atoms with Crippen molar-refractivity contribution >= 4 is 27.4 Å². The van der Waals surface area contributed by atoms with Gasteiger partial charge >= 0.3 is 0 Å². The summed E-state index contributed by atoms with van der Waals surface area (Å²) in [5.41, 5.74) is 0.878. The van der Waals surface area contributed by atoms with E-state index in [9.17, 15) is 4.79 Å². The first kappa shape index (κ1) is 7.44. The molecule has 1 rings (SSSR count). The fraction of sp³-hybridized carbons (Fsp3) is 0.800. The molecule has 0 amide bonds. The second-order valence-electron chi connectivity index (χ2n) is 1.90. The summed E-state index contributed by atoms with van der Waals surface area (Å²) < 4.78 is 2.22. The molecule has 0 aliphatic carbocycles. The van der Waals surface area contributed by atoms with E-state index >= 15 is 0 Å². The maximum Gasteiger partial charge on any atom is 0.187 e. The normalized spacial score (nSPS) is 20.4. The predicted molar refractivity (Wildman–Crippen MR) is 42.7 cm³/mol. The Hall–Kier alpha value is 0.330. The number of hydrogen-bond donors (Lipinski definition) is 0. The van der Waals surface area contributed by atoms with Crippen LogP contribution in [0.3, 0.4) is 0 Å². The first-order valence-corrected chi connectivity index (χ1v) is 5.12. The van der Waals surface area contributed by atoms with Gasteiger partial charge < -0.3 is 0 Å². The Morgan fingerprint density at radius 3 is 2.56 bits per heavy atom. The monoisotopic (exact) mass is 163 g/mol. The zero-order chi connectivity index (χ0) is 6.53. The summed E-state index contributed by atoms with van der Waals surface area (Å²) in [6, 6.07) is 0. The fourth-order valence-corrected chi connectivity index (χ4v) is 2.32. The molecule has 1 aliphatic rings. The molecule has 1 fully saturated rings. The van der Waals surface area contributed by atoms with Gasteiger partial charge in [0.05, 0.1) is 0 Å². The highest BCUT2D eigenvalue weighted by molar-refractivity contribution is 8.80. The third-order valence-electron chi connectivity index (χ3n) is 1.25. The molecule has 1 aliphatic heterocycles. The van der Waals surface area contributed by atoms with E-state index in [1.807, 2.05) is 0 Å². The second kappa shape index (κ2) is 4.19. The first-order valence-electron chi connectivity index (χ1n) is 2.95. The largest absolute Gasteiger partial charge is 0.290 e. The lowest BCUT2D eigenvalue weighted by Gasteiger charge is -2.07. The summed E-state index contributed by atoms with van der Waals surface area (Å²) in [5.74, 6) is 0. The minimum absolute atomic E-state index is 0.878. The van der Waals surface area contributed by atoms with E-state index in [1.165, 1.54) is 23.6 Å². The van der Waals surface area contributed by atoms with Gasteiger partial charge in [-0.15, -0.1) is 0 Å². The molecule has 0 aromatic rings. The lowest BCUT2D eigenvalue weighted by atomic mass is 10.4. The van der Waals surface area contributed by atoms with Gasteiger partial charge in [0, 0.05) is 13.1 Å². The van der Waals surface area contributed by atoms with Crippen LogP contribution in [0.25, 0.3) is 0 Å². The lowest BCUT2D eigenvalue weighted by molar-refractivity contribution is 0.570. The van der Waals surface area contributed by atoms with Crippen LogP contribution in [-0.4, -0.2) is 23.0 Å². The molecule has 1 saturated heterocycles. The van der Waals surface area contributed by atoms with E-state index in [0.29, 0.717) is 0 Å². The van der Waals surface area contributed by atoms with Crippen LogP contribution in [0.1, 0.15) is 12.8 Å². The summed E-state index contributed by atoms with van der Waals surface area (Å²) in [6.45, 7) is 2.29. The highest BCUT2D eigenvalue weighted by Gasteiger charge is 2.11. The van der Waals surface area contributed by atoms with Crippen molar-refractivity contribution in [1.29, 1.82) is 0 Å². The number of carbonyl (C=O) groups excluding carboxylic acids is 1. The minimum Gasteiger partial charge on any atom is -0.290 e. The first-order chi connectivity index (χ1) is 4.43. The van der Waals surface area contributed by atoms with Crippen LogP contribution >= 0.6 is 21.8 Å². The predicted octanol–water partition coefficient (Wildman–Crippen LogP) is 1.57. The Morgan fingerprint density at radius 2 is 2.00 bits per heavy atom. The highest BCUT2D eigenvalue weighted by atomic mass is 33.1. The van der Waals surface area contributed by atoms with Crippen molar-refractivity contribution in [1.82, 2.24) is 4.31 Å². The second-order valence-corrected chi connectivity index (χ2v) is 3.98. The van der Waals surface area contributed by atoms with Gasteiger partial charge in [0.2, 0.25) is 0 Å². The van der Waals surface area contributed by atoms with Crippen molar-refractivity contribution in [3.8, 4) is 0 Å². The van der Waals surface area contributed by atoms with Gasteiger partial charge in [0.25, 0.3) is 0 Å². The van der Waals surface area contributed by atoms with Crippen LogP contribution < -0.4 is 0 Å². The maximum atomic E-state index is 9.88. The summed E-state index contributed by atoms with van der Waals surface area (Å²) >= 11 is 0. The molecule has 0 bridgehead atoms. The molecule has 0 N–H and O–H groups in total. The number of nitrogens with zero attached hydrogens (tertiary/aromatic N) is 1. The van der Waals surface area contributed by atoms with Crippen LogP contribution in [-0.2, 0) is 4.79 Å². The molecule has 0 spiro atoms. The van der Waals surface area contributed by atoms with E-state index in [0.717, 1.165) is 18.7 Å². The van der Waals surface area contributed by atoms with Gasteiger partial charge in [-0.1, -0.05) is 0 Å². The third-order valence-corrected chi connectivity index (χ3v) is 3.12. The lowest BCUT2D eigenvalue weighted by Crippen LogP contribution is -2.06. The number of carbonyl (C=O) groups is 1. The number of rotatable bonds is 3. The molecule has 4 heteroatoms. The van der Waals surface area contributed by atoms with Crippen LogP contribution in [0.4, 0.5) is 0 Å². The zero-order valence-electron chi connectivity index (χ0n) is 5.08. The van der Waals surface area contributed by atoms with Crippen molar-refractivity contribution in [2.24, 2.45) is 0 Å². The molecular weight excluding hydrogens is 154 g/mol. The Morgan fingerprint density at radius 1 is 1.33 bits per heavy atom. The molecule has 52 valence electrons. The Kier molecular flexibility index (Phi) is 3.47. The van der Waals surface area contributed by atoms with Gasteiger partial charge in [0.15, 0.2) is 5.62 Å². The summed E-state index contributed by atoms with van der Waals surface area (Å²) in [6.07, 6.45) is 2.57. The Balaban J connectivity index is 2.04. The van der Waals surface area contributed by atoms with Gasteiger partial charge in [0.1, 0.15) is 0 Å². The topological polar surface area (TPSA) is 20.3 Å². The quantitative estimate of drug-likeness (QED) is 0.357. The molecule has 9 heavy (non-hydrogen) atoms. The molecule has 2 nitrogen and oxygen atoms in total. The smallest absolute Gasteiger partial charge is 0.187 e. The summed E-state index contributed by atoms with van der Waals surface area (Å²) in [7, 11) is 2.83. The van der Waals surface area contributed by atoms with Crippen molar-refractivity contribution in [3.63, 3.8) is 0 Å². The molecule has 0 unspecified atom stereocenters. The third kappa shape index (κ3) is 2.60. The standard InChI is InChI=1S/C5H9NOS2/c7-5-8-9-6-3-1-2-4-6/h5H,1-4H2. The SMILES string of the molecule is O=CSSN1CCCC1. The van der Waals surface area contributed by atoms with E-state index < -0.39 is 0 Å². The minimum atomic E-state index is 0.878. The van der Waals surface area contributed by atoms with Crippen molar-refractivity contribution in [2.45, 2.75) is 12.8 Å². The molecule has 0 aromatic carbocycles. The van der Waals surface area contributed by atoms with Gasteiger partial charge in [-0.2, -0.15) is 0 Å². The molecular formula is C5H9NOS2. The fourth-order valence-electron chi connectivity index (χ4n) is 0.841. The van der Waals surface area contributed by atoms with E-state index in [2.05, 4.69) is 4.31 Å². The van der Waals surface area contributed by atoms with E-state index in [1.54, 1.807) is 11.0 Å².